The molecule has 1 aliphatic rings. The molecule has 0 aromatic heterocycles. The van der Waals surface area contributed by atoms with Crippen LogP contribution in [0, 0.1) is 0 Å². The Labute approximate surface area is 97.4 Å². The Morgan fingerprint density at radius 3 is 2.88 bits per heavy atom. The first-order valence-electron chi connectivity index (χ1n) is 5.84. The first-order valence-corrected chi connectivity index (χ1v) is 5.84. The first-order chi connectivity index (χ1) is 7.77. The summed E-state index contributed by atoms with van der Waals surface area (Å²) < 4.78 is 5.35. The van der Waals surface area contributed by atoms with Crippen molar-refractivity contribution in [1.29, 1.82) is 0 Å². The molecule has 0 amide bonds. The van der Waals surface area contributed by atoms with Gasteiger partial charge < -0.3 is 15.0 Å². The van der Waals surface area contributed by atoms with E-state index in [4.69, 9.17) is 4.74 Å². The molecular formula is C13H20N2O. The van der Waals surface area contributed by atoms with Crippen LogP contribution in [-0.2, 0) is 11.3 Å². The van der Waals surface area contributed by atoms with Gasteiger partial charge in [-0.05, 0) is 18.1 Å². The van der Waals surface area contributed by atoms with Gasteiger partial charge >= 0.3 is 0 Å². The summed E-state index contributed by atoms with van der Waals surface area (Å²) in [5, 5.41) is 3.54. The summed E-state index contributed by atoms with van der Waals surface area (Å²) in [6.45, 7) is 2.67. The fourth-order valence-electron chi connectivity index (χ4n) is 2.05. The molecule has 88 valence electrons. The quantitative estimate of drug-likeness (QED) is 0.834. The Hall–Kier alpha value is -1.06. The van der Waals surface area contributed by atoms with E-state index in [1.807, 2.05) is 0 Å². The highest BCUT2D eigenvalue weighted by Crippen LogP contribution is 2.18. The van der Waals surface area contributed by atoms with E-state index >= 15 is 0 Å². The van der Waals surface area contributed by atoms with Crippen LogP contribution in [0.3, 0.4) is 0 Å². The Morgan fingerprint density at radius 1 is 1.38 bits per heavy atom. The summed E-state index contributed by atoms with van der Waals surface area (Å²) in [5.74, 6) is 0. The number of nitrogens with zero attached hydrogens (tertiary/aromatic N) is 1. The van der Waals surface area contributed by atoms with Crippen molar-refractivity contribution in [2.75, 3.05) is 32.2 Å². The predicted octanol–water partition coefficient (Wildman–Crippen LogP) is 1.63. The normalized spacial score (nSPS) is 20.0. The summed E-state index contributed by atoms with van der Waals surface area (Å²) in [7, 11) is 4.16. The SMILES string of the molecule is CN(C)c1ccccc1CNC1CCOC1. The van der Waals surface area contributed by atoms with Crippen molar-refractivity contribution < 1.29 is 4.74 Å². The second kappa shape index (κ2) is 5.32. The van der Waals surface area contributed by atoms with Gasteiger partial charge in [0.05, 0.1) is 6.61 Å². The lowest BCUT2D eigenvalue weighted by Gasteiger charge is -2.19. The molecule has 16 heavy (non-hydrogen) atoms. The van der Waals surface area contributed by atoms with Crippen LogP contribution in [0.4, 0.5) is 5.69 Å². The zero-order chi connectivity index (χ0) is 11.4. The topological polar surface area (TPSA) is 24.5 Å². The Balaban J connectivity index is 1.97. The third-order valence-electron chi connectivity index (χ3n) is 2.98. The number of rotatable bonds is 4. The van der Waals surface area contributed by atoms with Gasteiger partial charge in [-0.1, -0.05) is 18.2 Å². The fourth-order valence-corrected chi connectivity index (χ4v) is 2.05. The smallest absolute Gasteiger partial charge is 0.0620 e. The maximum absolute atomic E-state index is 5.35. The number of ether oxygens (including phenoxy) is 1. The Kier molecular flexibility index (Phi) is 3.80. The number of nitrogens with one attached hydrogen (secondary N) is 1. The second-order valence-electron chi connectivity index (χ2n) is 4.46. The van der Waals surface area contributed by atoms with Crippen molar-refractivity contribution in [2.45, 2.75) is 19.0 Å². The highest BCUT2D eigenvalue weighted by molar-refractivity contribution is 5.52. The minimum atomic E-state index is 0.523. The number of hydrogen-bond donors (Lipinski definition) is 1. The summed E-state index contributed by atoms with van der Waals surface area (Å²) >= 11 is 0. The zero-order valence-electron chi connectivity index (χ0n) is 10.1. The average molecular weight is 220 g/mol. The van der Waals surface area contributed by atoms with Crippen molar-refractivity contribution in [1.82, 2.24) is 5.32 Å². The van der Waals surface area contributed by atoms with Crippen LogP contribution in [0.1, 0.15) is 12.0 Å². The van der Waals surface area contributed by atoms with Gasteiger partial charge in [-0.3, -0.25) is 0 Å². The predicted molar refractivity (Wildman–Crippen MR) is 66.8 cm³/mol. The van der Waals surface area contributed by atoms with Crippen LogP contribution >= 0.6 is 0 Å². The maximum Gasteiger partial charge on any atom is 0.0620 e. The van der Waals surface area contributed by atoms with E-state index in [1.165, 1.54) is 11.3 Å². The number of benzene rings is 1. The Morgan fingerprint density at radius 2 is 2.19 bits per heavy atom. The van der Waals surface area contributed by atoms with Crippen molar-refractivity contribution in [2.24, 2.45) is 0 Å². The van der Waals surface area contributed by atoms with Gasteiger partial charge in [0.2, 0.25) is 0 Å². The molecule has 2 rings (SSSR count). The van der Waals surface area contributed by atoms with E-state index in [9.17, 15) is 0 Å². The van der Waals surface area contributed by atoms with E-state index in [0.29, 0.717) is 6.04 Å². The lowest BCUT2D eigenvalue weighted by atomic mass is 10.1. The van der Waals surface area contributed by atoms with E-state index in [-0.39, 0.29) is 0 Å². The van der Waals surface area contributed by atoms with E-state index in [2.05, 4.69) is 48.6 Å². The minimum absolute atomic E-state index is 0.523. The largest absolute Gasteiger partial charge is 0.380 e. The van der Waals surface area contributed by atoms with E-state index < -0.39 is 0 Å². The molecule has 1 N–H and O–H groups in total. The summed E-state index contributed by atoms with van der Waals surface area (Å²) in [4.78, 5) is 2.15. The van der Waals surface area contributed by atoms with E-state index in [1.54, 1.807) is 0 Å². The average Bonchev–Trinajstić information content (AvgIpc) is 2.79. The van der Waals surface area contributed by atoms with Crippen molar-refractivity contribution in [3.05, 3.63) is 29.8 Å². The maximum atomic E-state index is 5.35. The third-order valence-corrected chi connectivity index (χ3v) is 2.98. The monoisotopic (exact) mass is 220 g/mol. The molecule has 1 aromatic carbocycles. The molecule has 1 unspecified atom stereocenters. The number of para-hydroxylation sites is 1. The van der Waals surface area contributed by atoms with Crippen molar-refractivity contribution in [3.63, 3.8) is 0 Å². The van der Waals surface area contributed by atoms with Gasteiger partial charge in [0, 0.05) is 39.0 Å². The fraction of sp³-hybridized carbons (Fsp3) is 0.538. The standard InChI is InChI=1S/C13H20N2O/c1-15(2)13-6-4-3-5-11(13)9-14-12-7-8-16-10-12/h3-6,12,14H,7-10H2,1-2H3. The van der Waals surface area contributed by atoms with Crippen LogP contribution < -0.4 is 10.2 Å². The van der Waals surface area contributed by atoms with Crippen LogP contribution in [0.2, 0.25) is 0 Å². The Bertz CT molecular complexity index is 332. The van der Waals surface area contributed by atoms with Gasteiger partial charge in [0.15, 0.2) is 0 Å². The molecule has 0 spiro atoms. The minimum Gasteiger partial charge on any atom is -0.380 e. The molecule has 0 saturated carbocycles. The molecule has 0 bridgehead atoms. The second-order valence-corrected chi connectivity index (χ2v) is 4.46. The summed E-state index contributed by atoms with van der Waals surface area (Å²) in [5.41, 5.74) is 2.63. The molecule has 3 nitrogen and oxygen atoms in total. The third kappa shape index (κ3) is 2.74. The van der Waals surface area contributed by atoms with Crippen LogP contribution in [0.5, 0.6) is 0 Å². The molecule has 1 aliphatic heterocycles. The lowest BCUT2D eigenvalue weighted by Crippen LogP contribution is -2.29. The van der Waals surface area contributed by atoms with Gasteiger partial charge in [-0.15, -0.1) is 0 Å². The van der Waals surface area contributed by atoms with Crippen molar-refractivity contribution >= 4 is 5.69 Å². The summed E-state index contributed by atoms with van der Waals surface area (Å²) in [6.07, 6.45) is 1.13. The number of anilines is 1. The summed E-state index contributed by atoms with van der Waals surface area (Å²) in [6, 6.07) is 9.03. The molecule has 0 aliphatic carbocycles. The highest BCUT2D eigenvalue weighted by atomic mass is 16.5. The van der Waals surface area contributed by atoms with Gasteiger partial charge in [-0.25, -0.2) is 0 Å². The van der Waals surface area contributed by atoms with Crippen LogP contribution in [-0.4, -0.2) is 33.4 Å². The van der Waals surface area contributed by atoms with Gasteiger partial charge in [0.1, 0.15) is 0 Å². The first kappa shape index (κ1) is 11.4. The van der Waals surface area contributed by atoms with E-state index in [0.717, 1.165) is 26.2 Å². The lowest BCUT2D eigenvalue weighted by molar-refractivity contribution is 0.190. The molecule has 1 heterocycles. The molecule has 3 heteroatoms. The molecular weight excluding hydrogens is 200 g/mol. The zero-order valence-corrected chi connectivity index (χ0v) is 10.1. The van der Waals surface area contributed by atoms with Gasteiger partial charge in [0.25, 0.3) is 0 Å². The molecule has 1 saturated heterocycles. The highest BCUT2D eigenvalue weighted by Gasteiger charge is 2.15. The van der Waals surface area contributed by atoms with Crippen molar-refractivity contribution in [3.8, 4) is 0 Å². The van der Waals surface area contributed by atoms with Gasteiger partial charge in [-0.2, -0.15) is 0 Å². The molecule has 0 radical (unpaired) electrons. The van der Waals surface area contributed by atoms with Crippen LogP contribution in [0.15, 0.2) is 24.3 Å². The molecule has 1 fully saturated rings. The number of hydrogen-bond acceptors (Lipinski definition) is 3. The van der Waals surface area contributed by atoms with Crippen LogP contribution in [0.25, 0.3) is 0 Å². The molecule has 1 aromatic rings. The molecule has 1 atom stereocenters.